The van der Waals surface area contributed by atoms with E-state index >= 15 is 0 Å². The van der Waals surface area contributed by atoms with Gasteiger partial charge in [0, 0.05) is 0 Å². The number of H-pyrrole nitrogens is 1. The van der Waals surface area contributed by atoms with E-state index in [0.717, 1.165) is 5.69 Å². The van der Waals surface area contributed by atoms with E-state index < -0.39 is 0 Å². The Labute approximate surface area is 115 Å². The van der Waals surface area contributed by atoms with Crippen LogP contribution in [-0.4, -0.2) is 16.2 Å². The molecule has 0 aliphatic carbocycles. The highest BCUT2D eigenvalue weighted by Crippen LogP contribution is 2.06. The van der Waals surface area contributed by atoms with Crippen LogP contribution in [0.15, 0.2) is 64.5 Å². The molecule has 20 heavy (non-hydrogen) atoms. The molecule has 0 atom stereocenters. The van der Waals surface area contributed by atoms with Crippen molar-refractivity contribution in [3.05, 3.63) is 70.8 Å². The third-order valence-corrected chi connectivity index (χ3v) is 2.79. The first kappa shape index (κ1) is 12.1. The number of nitrogens with one attached hydrogen (secondary N) is 2. The largest absolute Gasteiger partial charge is 0.305 e. The molecule has 0 saturated carbocycles. The van der Waals surface area contributed by atoms with Gasteiger partial charge in [-0.25, -0.2) is 4.98 Å². The van der Waals surface area contributed by atoms with Crippen molar-refractivity contribution in [1.29, 1.82) is 0 Å². The van der Waals surface area contributed by atoms with Crippen molar-refractivity contribution < 1.29 is 0 Å². The van der Waals surface area contributed by atoms with Gasteiger partial charge in [-0.15, -0.1) is 0 Å². The summed E-state index contributed by atoms with van der Waals surface area (Å²) in [5, 5.41) is 4.62. The number of hydrazone groups is 1. The maximum Gasteiger partial charge on any atom is 0.259 e. The lowest BCUT2D eigenvalue weighted by molar-refractivity contribution is 1.14. The zero-order chi connectivity index (χ0) is 13.8. The fraction of sp³-hybridized carbons (Fsp3) is 0. The fourth-order valence-electron chi connectivity index (χ4n) is 1.85. The second kappa shape index (κ2) is 5.36. The van der Waals surface area contributed by atoms with Crippen LogP contribution < -0.4 is 11.0 Å². The number of fused-ring (bicyclic) bond motifs is 1. The van der Waals surface area contributed by atoms with Gasteiger partial charge in [0.1, 0.15) is 0 Å². The molecule has 0 amide bonds. The van der Waals surface area contributed by atoms with Gasteiger partial charge < -0.3 is 4.98 Å². The van der Waals surface area contributed by atoms with E-state index in [1.54, 1.807) is 12.1 Å². The topological polar surface area (TPSA) is 70.1 Å². The molecule has 2 aromatic carbocycles. The van der Waals surface area contributed by atoms with Crippen molar-refractivity contribution in [2.45, 2.75) is 0 Å². The van der Waals surface area contributed by atoms with E-state index in [9.17, 15) is 4.79 Å². The summed E-state index contributed by atoms with van der Waals surface area (Å²) < 4.78 is 0. The zero-order valence-electron chi connectivity index (χ0n) is 10.6. The van der Waals surface area contributed by atoms with Crippen molar-refractivity contribution in [1.82, 2.24) is 9.97 Å². The molecule has 0 radical (unpaired) electrons. The Bertz CT molecular complexity index is 809. The minimum Gasteiger partial charge on any atom is -0.305 e. The van der Waals surface area contributed by atoms with Gasteiger partial charge in [-0.05, 0) is 24.3 Å². The Kier molecular flexibility index (Phi) is 3.24. The summed E-state index contributed by atoms with van der Waals surface area (Å²) in [7, 11) is 0. The van der Waals surface area contributed by atoms with Crippen molar-refractivity contribution in [2.24, 2.45) is 5.10 Å². The fourth-order valence-corrected chi connectivity index (χ4v) is 1.85. The maximum atomic E-state index is 11.9. The van der Waals surface area contributed by atoms with Gasteiger partial charge in [0.2, 0.25) is 0 Å². The number of hydrogen-bond donors (Lipinski definition) is 2. The highest BCUT2D eigenvalue weighted by molar-refractivity contribution is 5.82. The summed E-state index contributed by atoms with van der Waals surface area (Å²) in [4.78, 5) is 18.9. The van der Waals surface area contributed by atoms with Crippen molar-refractivity contribution in [3.63, 3.8) is 0 Å². The van der Waals surface area contributed by atoms with E-state index in [-0.39, 0.29) is 5.56 Å². The Morgan fingerprint density at radius 2 is 1.80 bits per heavy atom. The number of rotatable bonds is 3. The third kappa shape index (κ3) is 2.56. The quantitative estimate of drug-likeness (QED) is 0.563. The summed E-state index contributed by atoms with van der Waals surface area (Å²) in [6.07, 6.45) is 1.49. The first-order chi connectivity index (χ1) is 9.83. The van der Waals surface area contributed by atoms with Crippen LogP contribution in [0.2, 0.25) is 0 Å². The Balaban J connectivity index is 1.86. The van der Waals surface area contributed by atoms with Gasteiger partial charge in [-0.2, -0.15) is 5.10 Å². The van der Waals surface area contributed by atoms with Crippen LogP contribution in [0, 0.1) is 0 Å². The van der Waals surface area contributed by atoms with Crippen LogP contribution in [-0.2, 0) is 0 Å². The summed E-state index contributed by atoms with van der Waals surface area (Å²) in [6.45, 7) is 0. The molecule has 0 fully saturated rings. The lowest BCUT2D eigenvalue weighted by atomic mass is 10.2. The molecule has 3 aromatic rings. The van der Waals surface area contributed by atoms with E-state index in [1.807, 2.05) is 42.5 Å². The monoisotopic (exact) mass is 264 g/mol. The first-order valence-corrected chi connectivity index (χ1v) is 6.16. The summed E-state index contributed by atoms with van der Waals surface area (Å²) in [5.74, 6) is 0.414. The van der Waals surface area contributed by atoms with Crippen LogP contribution >= 0.6 is 0 Å². The molecule has 0 saturated heterocycles. The van der Waals surface area contributed by atoms with Gasteiger partial charge in [0.15, 0.2) is 5.82 Å². The van der Waals surface area contributed by atoms with Crippen LogP contribution in [0.3, 0.4) is 0 Å². The molecule has 98 valence electrons. The molecular weight excluding hydrogens is 252 g/mol. The molecule has 1 aromatic heterocycles. The smallest absolute Gasteiger partial charge is 0.259 e. The molecule has 2 N–H and O–H groups in total. The maximum absolute atomic E-state index is 11.9. The zero-order valence-corrected chi connectivity index (χ0v) is 10.6. The number of aromatic amines is 1. The van der Waals surface area contributed by atoms with Crippen molar-refractivity contribution in [2.75, 3.05) is 5.43 Å². The SMILES string of the molecule is O=c1[nH]c(/C=N/Nc2ccccc2)nc2ccccc12. The minimum absolute atomic E-state index is 0.170. The molecular formula is C15H12N4O. The highest BCUT2D eigenvalue weighted by atomic mass is 16.1. The lowest BCUT2D eigenvalue weighted by Crippen LogP contribution is -2.11. The number of aromatic nitrogens is 2. The lowest BCUT2D eigenvalue weighted by Gasteiger charge is -1.99. The molecule has 0 aliphatic heterocycles. The second-order valence-electron chi connectivity index (χ2n) is 4.20. The number of anilines is 1. The number of para-hydroxylation sites is 2. The minimum atomic E-state index is -0.170. The molecule has 0 bridgehead atoms. The van der Waals surface area contributed by atoms with Gasteiger partial charge >= 0.3 is 0 Å². The first-order valence-electron chi connectivity index (χ1n) is 6.16. The van der Waals surface area contributed by atoms with E-state index in [0.29, 0.717) is 16.7 Å². The van der Waals surface area contributed by atoms with Gasteiger partial charge in [-0.3, -0.25) is 10.2 Å². The van der Waals surface area contributed by atoms with Crippen LogP contribution in [0.25, 0.3) is 10.9 Å². The van der Waals surface area contributed by atoms with Gasteiger partial charge in [0.25, 0.3) is 5.56 Å². The standard InChI is InChI=1S/C15H12N4O/c20-15-12-8-4-5-9-13(12)17-14(18-15)10-16-19-11-6-2-1-3-7-11/h1-10,19H,(H,17,18,20)/b16-10+. The molecule has 3 rings (SSSR count). The summed E-state index contributed by atoms with van der Waals surface area (Å²) >= 11 is 0. The Hall–Kier alpha value is -2.95. The Morgan fingerprint density at radius 1 is 1.05 bits per heavy atom. The number of hydrogen-bond acceptors (Lipinski definition) is 4. The average molecular weight is 264 g/mol. The van der Waals surface area contributed by atoms with Gasteiger partial charge in [0.05, 0.1) is 22.8 Å². The van der Waals surface area contributed by atoms with E-state index in [1.165, 1.54) is 6.21 Å². The van der Waals surface area contributed by atoms with Crippen LogP contribution in [0.4, 0.5) is 5.69 Å². The highest BCUT2D eigenvalue weighted by Gasteiger charge is 2.00. The molecule has 0 spiro atoms. The molecule has 0 aliphatic rings. The molecule has 5 nitrogen and oxygen atoms in total. The predicted octanol–water partition coefficient (Wildman–Crippen LogP) is 2.37. The summed E-state index contributed by atoms with van der Waals surface area (Å²) in [6, 6.07) is 16.7. The molecule has 0 unspecified atom stereocenters. The van der Waals surface area contributed by atoms with E-state index in [4.69, 9.17) is 0 Å². The van der Waals surface area contributed by atoms with Crippen molar-refractivity contribution in [3.8, 4) is 0 Å². The Morgan fingerprint density at radius 3 is 2.65 bits per heavy atom. The third-order valence-electron chi connectivity index (χ3n) is 2.79. The predicted molar refractivity (Wildman–Crippen MR) is 80.0 cm³/mol. The number of benzene rings is 2. The van der Waals surface area contributed by atoms with Crippen LogP contribution in [0.5, 0.6) is 0 Å². The van der Waals surface area contributed by atoms with Crippen molar-refractivity contribution >= 4 is 22.8 Å². The van der Waals surface area contributed by atoms with E-state index in [2.05, 4.69) is 20.5 Å². The van der Waals surface area contributed by atoms with Gasteiger partial charge in [-0.1, -0.05) is 30.3 Å². The van der Waals surface area contributed by atoms with Crippen LogP contribution in [0.1, 0.15) is 5.82 Å². The molecule has 5 heteroatoms. The second-order valence-corrected chi connectivity index (χ2v) is 4.20. The summed E-state index contributed by atoms with van der Waals surface area (Å²) in [5.41, 5.74) is 4.22. The average Bonchev–Trinajstić information content (AvgIpc) is 2.48. The molecule has 1 heterocycles. The normalized spacial score (nSPS) is 11.0. The number of nitrogens with zero attached hydrogens (tertiary/aromatic N) is 2.